The maximum absolute atomic E-state index is 13.0. The molecule has 0 spiro atoms. The van der Waals surface area contributed by atoms with E-state index in [4.69, 9.17) is 4.74 Å². The van der Waals surface area contributed by atoms with Crippen molar-refractivity contribution in [3.63, 3.8) is 0 Å². The Morgan fingerprint density at radius 1 is 1.12 bits per heavy atom. The molecule has 34 heavy (non-hydrogen) atoms. The van der Waals surface area contributed by atoms with Crippen molar-refractivity contribution in [1.29, 1.82) is 0 Å². The summed E-state index contributed by atoms with van der Waals surface area (Å²) in [4.78, 5) is 18.1. The standard InChI is InChI=1S/C25H29N3O4S2/c1-3-16-28-23-21(32-4-2)10-9-11-22(23)33-25(28)26-24(29)19-12-14-20(15-13-19)34(30,31)27-17-7-5-6-8-18-27/h3,9-15H,1,4-8,16-18H2,2H3. The predicted octanol–water partition coefficient (Wildman–Crippen LogP) is 4.59. The minimum absolute atomic E-state index is 0.205. The van der Waals surface area contributed by atoms with Crippen LogP contribution in [0.25, 0.3) is 10.2 Å². The number of carbonyl (C=O) groups is 1. The second-order valence-electron chi connectivity index (χ2n) is 8.08. The molecule has 1 fully saturated rings. The summed E-state index contributed by atoms with van der Waals surface area (Å²) in [6, 6.07) is 11.8. The Morgan fingerprint density at radius 3 is 2.47 bits per heavy atom. The molecular formula is C25H29N3O4S2. The number of amides is 1. The highest BCUT2D eigenvalue weighted by molar-refractivity contribution is 7.89. The molecule has 7 nitrogen and oxygen atoms in total. The highest BCUT2D eigenvalue weighted by Gasteiger charge is 2.25. The summed E-state index contributed by atoms with van der Waals surface area (Å²) >= 11 is 1.40. The molecule has 1 aliphatic heterocycles. The molecule has 180 valence electrons. The van der Waals surface area contributed by atoms with Gasteiger partial charge in [-0.1, -0.05) is 36.3 Å². The lowest BCUT2D eigenvalue weighted by Crippen LogP contribution is -2.31. The molecule has 0 unspecified atom stereocenters. The van der Waals surface area contributed by atoms with Gasteiger partial charge in [-0.25, -0.2) is 8.42 Å². The van der Waals surface area contributed by atoms with Crippen LogP contribution < -0.4 is 9.54 Å². The van der Waals surface area contributed by atoms with Gasteiger partial charge in [-0.05, 0) is 56.2 Å². The number of hydrogen-bond donors (Lipinski definition) is 0. The molecule has 0 atom stereocenters. The van der Waals surface area contributed by atoms with E-state index in [-0.39, 0.29) is 4.90 Å². The fourth-order valence-corrected chi connectivity index (χ4v) is 6.68. The number of para-hydroxylation sites is 1. The number of rotatable bonds is 7. The topological polar surface area (TPSA) is 81.0 Å². The monoisotopic (exact) mass is 499 g/mol. The Balaban J connectivity index is 1.66. The first-order valence-electron chi connectivity index (χ1n) is 11.5. The van der Waals surface area contributed by atoms with Crippen LogP contribution in [0.2, 0.25) is 0 Å². The van der Waals surface area contributed by atoms with Crippen molar-refractivity contribution >= 4 is 37.5 Å². The Bertz CT molecular complexity index is 1350. The van der Waals surface area contributed by atoms with Crippen molar-refractivity contribution in [1.82, 2.24) is 8.87 Å². The molecule has 3 aromatic rings. The third-order valence-electron chi connectivity index (χ3n) is 5.78. The van der Waals surface area contributed by atoms with Crippen LogP contribution in [0.4, 0.5) is 0 Å². The zero-order valence-electron chi connectivity index (χ0n) is 19.3. The third kappa shape index (κ3) is 5.01. The quantitative estimate of drug-likeness (QED) is 0.445. The maximum Gasteiger partial charge on any atom is 0.279 e. The Labute approximate surface area is 204 Å². The van der Waals surface area contributed by atoms with E-state index in [1.807, 2.05) is 29.7 Å². The fraction of sp³-hybridized carbons (Fsp3) is 0.360. The predicted molar refractivity (Wildman–Crippen MR) is 135 cm³/mol. The van der Waals surface area contributed by atoms with E-state index in [0.717, 1.165) is 41.6 Å². The van der Waals surface area contributed by atoms with Crippen molar-refractivity contribution < 1.29 is 17.9 Å². The average Bonchev–Trinajstić information content (AvgIpc) is 3.00. The molecule has 2 aromatic carbocycles. The van der Waals surface area contributed by atoms with Crippen molar-refractivity contribution in [2.45, 2.75) is 44.0 Å². The summed E-state index contributed by atoms with van der Waals surface area (Å²) in [5, 5.41) is 0. The molecule has 0 radical (unpaired) electrons. The minimum Gasteiger partial charge on any atom is -0.492 e. The number of fused-ring (bicyclic) bond motifs is 1. The van der Waals surface area contributed by atoms with Crippen molar-refractivity contribution in [3.8, 4) is 5.75 Å². The zero-order valence-corrected chi connectivity index (χ0v) is 20.9. The Hall–Kier alpha value is -2.75. The van der Waals surface area contributed by atoms with Gasteiger partial charge in [-0.2, -0.15) is 9.30 Å². The summed E-state index contributed by atoms with van der Waals surface area (Å²) in [6.45, 7) is 7.84. The second-order valence-corrected chi connectivity index (χ2v) is 11.0. The van der Waals surface area contributed by atoms with Gasteiger partial charge in [0, 0.05) is 25.2 Å². The largest absolute Gasteiger partial charge is 0.492 e. The fourth-order valence-electron chi connectivity index (χ4n) is 4.11. The number of hydrogen-bond acceptors (Lipinski definition) is 5. The van der Waals surface area contributed by atoms with Crippen LogP contribution >= 0.6 is 11.3 Å². The highest BCUT2D eigenvalue weighted by atomic mass is 32.2. The van der Waals surface area contributed by atoms with E-state index in [2.05, 4.69) is 11.6 Å². The van der Waals surface area contributed by atoms with E-state index in [1.54, 1.807) is 10.4 Å². The van der Waals surface area contributed by atoms with Crippen LogP contribution in [0.5, 0.6) is 5.75 Å². The maximum atomic E-state index is 13.0. The van der Waals surface area contributed by atoms with Crippen molar-refractivity contribution in [2.24, 2.45) is 4.99 Å². The van der Waals surface area contributed by atoms with Crippen LogP contribution in [0.3, 0.4) is 0 Å². The first kappa shape index (κ1) is 24.4. The minimum atomic E-state index is -3.56. The molecule has 0 bridgehead atoms. The summed E-state index contributed by atoms with van der Waals surface area (Å²) < 4.78 is 36.2. The smallest absolute Gasteiger partial charge is 0.279 e. The van der Waals surface area contributed by atoms with Gasteiger partial charge in [0.25, 0.3) is 5.91 Å². The van der Waals surface area contributed by atoms with E-state index < -0.39 is 15.9 Å². The number of carbonyl (C=O) groups excluding carboxylic acids is 1. The van der Waals surface area contributed by atoms with Gasteiger partial charge in [0.05, 0.1) is 16.2 Å². The SMILES string of the molecule is C=CCn1c(=NC(=O)c2ccc(S(=O)(=O)N3CCCCCC3)cc2)sc2cccc(OCC)c21. The second kappa shape index (κ2) is 10.7. The number of aromatic nitrogens is 1. The lowest BCUT2D eigenvalue weighted by Gasteiger charge is -2.19. The molecule has 9 heteroatoms. The summed E-state index contributed by atoms with van der Waals surface area (Å²) in [5.41, 5.74) is 1.21. The molecule has 1 aliphatic rings. The molecule has 4 rings (SSSR count). The number of nitrogens with zero attached hydrogens (tertiary/aromatic N) is 3. The molecule has 0 saturated carbocycles. The van der Waals surface area contributed by atoms with Crippen molar-refractivity contribution in [3.05, 3.63) is 65.5 Å². The van der Waals surface area contributed by atoms with E-state index in [9.17, 15) is 13.2 Å². The molecule has 0 N–H and O–H groups in total. The van der Waals surface area contributed by atoms with Crippen LogP contribution in [0, 0.1) is 0 Å². The molecule has 2 heterocycles. The number of ether oxygens (including phenoxy) is 1. The van der Waals surface area contributed by atoms with E-state index in [0.29, 0.717) is 36.6 Å². The van der Waals surface area contributed by atoms with E-state index in [1.165, 1.54) is 35.6 Å². The molecule has 1 saturated heterocycles. The Morgan fingerprint density at radius 2 is 1.82 bits per heavy atom. The Kier molecular flexibility index (Phi) is 7.65. The number of thiazole rings is 1. The first-order chi connectivity index (χ1) is 16.5. The van der Waals surface area contributed by atoms with Crippen LogP contribution in [0.1, 0.15) is 43.0 Å². The molecular weight excluding hydrogens is 470 g/mol. The normalized spacial score (nSPS) is 15.9. The summed E-state index contributed by atoms with van der Waals surface area (Å²) in [5.74, 6) is 0.302. The zero-order chi connectivity index (χ0) is 24.1. The van der Waals surface area contributed by atoms with Gasteiger partial charge in [0.2, 0.25) is 10.0 Å². The highest BCUT2D eigenvalue weighted by Crippen LogP contribution is 2.28. The first-order valence-corrected chi connectivity index (χ1v) is 13.8. The number of benzene rings is 2. The van der Waals surface area contributed by atoms with Crippen LogP contribution in [-0.4, -0.2) is 42.9 Å². The summed E-state index contributed by atoms with van der Waals surface area (Å²) in [7, 11) is -3.56. The average molecular weight is 500 g/mol. The molecule has 1 amide bonds. The lowest BCUT2D eigenvalue weighted by molar-refractivity contribution is 0.0997. The molecule has 0 aliphatic carbocycles. The molecule has 1 aromatic heterocycles. The van der Waals surface area contributed by atoms with Crippen LogP contribution in [0.15, 0.2) is 65.0 Å². The third-order valence-corrected chi connectivity index (χ3v) is 8.73. The van der Waals surface area contributed by atoms with Gasteiger partial charge in [0.15, 0.2) is 4.80 Å². The van der Waals surface area contributed by atoms with Gasteiger partial charge in [0.1, 0.15) is 11.3 Å². The van der Waals surface area contributed by atoms with E-state index >= 15 is 0 Å². The van der Waals surface area contributed by atoms with Gasteiger partial charge >= 0.3 is 0 Å². The lowest BCUT2D eigenvalue weighted by atomic mass is 10.2. The van der Waals surface area contributed by atoms with Gasteiger partial charge in [-0.15, -0.1) is 6.58 Å². The number of sulfonamides is 1. The summed E-state index contributed by atoms with van der Waals surface area (Å²) in [6.07, 6.45) is 5.60. The van der Waals surface area contributed by atoms with Crippen molar-refractivity contribution in [2.75, 3.05) is 19.7 Å². The van der Waals surface area contributed by atoms with Gasteiger partial charge in [-0.3, -0.25) is 4.79 Å². The number of allylic oxidation sites excluding steroid dienone is 1. The van der Waals surface area contributed by atoms with Gasteiger partial charge < -0.3 is 9.30 Å². The van der Waals surface area contributed by atoms with Crippen LogP contribution in [-0.2, 0) is 16.6 Å².